The van der Waals surface area contributed by atoms with E-state index in [0.717, 1.165) is 37.2 Å². The molecule has 1 fully saturated rings. The molecule has 2 amide bonds. The third kappa shape index (κ3) is 6.84. The predicted molar refractivity (Wildman–Crippen MR) is 100 cm³/mol. The van der Waals surface area contributed by atoms with Crippen molar-refractivity contribution in [1.82, 2.24) is 15.1 Å². The molecule has 1 aromatic rings. The summed E-state index contributed by atoms with van der Waals surface area (Å²) in [5.74, 6) is -0.0238. The van der Waals surface area contributed by atoms with Crippen LogP contribution in [0.3, 0.4) is 0 Å². The fraction of sp³-hybridized carbons (Fsp3) is 0.579. The monoisotopic (exact) mass is 346 g/mol. The van der Waals surface area contributed by atoms with Crippen LogP contribution in [0.1, 0.15) is 31.7 Å². The second kappa shape index (κ2) is 9.53. The number of rotatable bonds is 6. The molecule has 0 radical (unpaired) electrons. The van der Waals surface area contributed by atoms with Crippen LogP contribution in [-0.2, 0) is 16.1 Å². The van der Waals surface area contributed by atoms with Gasteiger partial charge in [0.15, 0.2) is 0 Å². The molecule has 1 aliphatic rings. The fourth-order valence-electron chi connectivity index (χ4n) is 3.18. The Labute approximate surface area is 150 Å². The largest absolute Gasteiger partial charge is 0.351 e. The fourth-order valence-corrected chi connectivity index (χ4v) is 3.18. The number of nitrogens with one attached hydrogen (secondary N) is 2. The van der Waals surface area contributed by atoms with Gasteiger partial charge in [-0.2, -0.15) is 0 Å². The molecule has 138 valence electrons. The molecule has 1 heterocycles. The van der Waals surface area contributed by atoms with Crippen LogP contribution in [0.25, 0.3) is 0 Å². The van der Waals surface area contributed by atoms with Crippen molar-refractivity contribution in [3.05, 3.63) is 29.8 Å². The van der Waals surface area contributed by atoms with E-state index in [-0.39, 0.29) is 11.8 Å². The number of hydrogen-bond donors (Lipinski definition) is 2. The minimum Gasteiger partial charge on any atom is -0.351 e. The second-order valence-electron chi connectivity index (χ2n) is 6.98. The first-order chi connectivity index (χ1) is 11.9. The molecule has 1 atom stereocenters. The maximum atomic E-state index is 12.2. The lowest BCUT2D eigenvalue weighted by molar-refractivity contribution is -0.122. The van der Waals surface area contributed by atoms with E-state index in [1.807, 2.05) is 24.3 Å². The Bertz CT molecular complexity index is 571. The first-order valence-corrected chi connectivity index (χ1v) is 8.96. The number of carbonyl (C=O) groups is 2. The molecular weight excluding hydrogens is 316 g/mol. The van der Waals surface area contributed by atoms with Crippen LogP contribution in [0, 0.1) is 0 Å². The van der Waals surface area contributed by atoms with Gasteiger partial charge in [0.05, 0.1) is 6.54 Å². The highest BCUT2D eigenvalue weighted by Gasteiger charge is 2.19. The molecule has 0 aliphatic carbocycles. The number of anilines is 1. The van der Waals surface area contributed by atoms with Crippen molar-refractivity contribution in [3.63, 3.8) is 0 Å². The number of carbonyl (C=O) groups excluding carboxylic acids is 2. The first-order valence-electron chi connectivity index (χ1n) is 8.96. The molecule has 0 spiro atoms. The molecule has 6 nitrogen and oxygen atoms in total. The van der Waals surface area contributed by atoms with E-state index in [1.54, 1.807) is 0 Å². The number of hydrogen-bond acceptors (Lipinski definition) is 4. The Kier molecular flexibility index (Phi) is 7.40. The minimum atomic E-state index is -0.0880. The SMILES string of the molecule is CC(=O)Nc1ccc(CNC(=O)CN2CCC[C@H](N(C)C)CC2)cc1. The summed E-state index contributed by atoms with van der Waals surface area (Å²) < 4.78 is 0. The molecule has 0 saturated carbocycles. The van der Waals surface area contributed by atoms with E-state index in [4.69, 9.17) is 0 Å². The van der Waals surface area contributed by atoms with Gasteiger partial charge in [0.25, 0.3) is 0 Å². The predicted octanol–water partition coefficient (Wildman–Crippen LogP) is 1.68. The van der Waals surface area contributed by atoms with Gasteiger partial charge in [0.1, 0.15) is 0 Å². The van der Waals surface area contributed by atoms with Crippen molar-refractivity contribution in [1.29, 1.82) is 0 Å². The summed E-state index contributed by atoms with van der Waals surface area (Å²) in [6.45, 7) is 4.42. The summed E-state index contributed by atoms with van der Waals surface area (Å²) in [4.78, 5) is 27.7. The van der Waals surface area contributed by atoms with E-state index in [1.165, 1.54) is 13.3 Å². The standard InChI is InChI=1S/C19H30N4O2/c1-15(24)21-17-8-6-16(7-9-17)13-20-19(25)14-23-11-4-5-18(10-12-23)22(2)3/h6-9,18H,4-5,10-14H2,1-3H3,(H,20,25)(H,21,24)/t18-/m0/s1. The number of likely N-dealkylation sites (tertiary alicyclic amines) is 1. The van der Waals surface area contributed by atoms with Gasteiger partial charge in [-0.1, -0.05) is 12.1 Å². The van der Waals surface area contributed by atoms with E-state index in [9.17, 15) is 9.59 Å². The van der Waals surface area contributed by atoms with Crippen molar-refractivity contribution in [2.75, 3.05) is 39.0 Å². The lowest BCUT2D eigenvalue weighted by atomic mass is 10.1. The average molecular weight is 346 g/mol. The Balaban J connectivity index is 1.74. The summed E-state index contributed by atoms with van der Waals surface area (Å²) in [6, 6.07) is 8.14. The highest BCUT2D eigenvalue weighted by Crippen LogP contribution is 2.14. The average Bonchev–Trinajstić information content (AvgIpc) is 2.79. The third-order valence-corrected chi connectivity index (χ3v) is 4.65. The molecule has 1 saturated heterocycles. The summed E-state index contributed by atoms with van der Waals surface area (Å²) in [5, 5.41) is 5.71. The van der Waals surface area contributed by atoms with E-state index in [0.29, 0.717) is 19.1 Å². The van der Waals surface area contributed by atoms with Crippen LogP contribution in [-0.4, -0.2) is 61.4 Å². The molecule has 0 unspecified atom stereocenters. The van der Waals surface area contributed by atoms with Crippen molar-refractivity contribution in [3.8, 4) is 0 Å². The zero-order valence-corrected chi connectivity index (χ0v) is 15.5. The van der Waals surface area contributed by atoms with Crippen LogP contribution in [0.15, 0.2) is 24.3 Å². The van der Waals surface area contributed by atoms with Gasteiger partial charge < -0.3 is 15.5 Å². The first kappa shape index (κ1) is 19.4. The minimum absolute atomic E-state index is 0.0641. The molecule has 6 heteroatoms. The molecular formula is C19H30N4O2. The third-order valence-electron chi connectivity index (χ3n) is 4.65. The quantitative estimate of drug-likeness (QED) is 0.823. The zero-order valence-electron chi connectivity index (χ0n) is 15.5. The normalized spacial score (nSPS) is 18.6. The number of amides is 2. The maximum absolute atomic E-state index is 12.2. The van der Waals surface area contributed by atoms with E-state index in [2.05, 4.69) is 34.5 Å². The summed E-state index contributed by atoms with van der Waals surface area (Å²) in [7, 11) is 4.26. The van der Waals surface area contributed by atoms with Gasteiger partial charge in [0.2, 0.25) is 11.8 Å². The highest BCUT2D eigenvalue weighted by atomic mass is 16.2. The Hall–Kier alpha value is -1.92. The summed E-state index contributed by atoms with van der Waals surface area (Å²) in [5.41, 5.74) is 1.79. The van der Waals surface area contributed by atoms with Crippen molar-refractivity contribution >= 4 is 17.5 Å². The molecule has 0 bridgehead atoms. The zero-order chi connectivity index (χ0) is 18.2. The van der Waals surface area contributed by atoms with Crippen LogP contribution in [0.5, 0.6) is 0 Å². The molecule has 1 aliphatic heterocycles. The highest BCUT2D eigenvalue weighted by molar-refractivity contribution is 5.88. The van der Waals surface area contributed by atoms with E-state index < -0.39 is 0 Å². The van der Waals surface area contributed by atoms with Crippen LogP contribution in [0.2, 0.25) is 0 Å². The van der Waals surface area contributed by atoms with Crippen molar-refractivity contribution in [2.24, 2.45) is 0 Å². The molecule has 1 aromatic carbocycles. The second-order valence-corrected chi connectivity index (χ2v) is 6.98. The number of benzene rings is 1. The Morgan fingerprint density at radius 1 is 1.16 bits per heavy atom. The van der Waals surface area contributed by atoms with Gasteiger partial charge in [-0.3, -0.25) is 14.5 Å². The lowest BCUT2D eigenvalue weighted by Crippen LogP contribution is -2.38. The van der Waals surface area contributed by atoms with Crippen LogP contribution in [0.4, 0.5) is 5.69 Å². The van der Waals surface area contributed by atoms with Crippen LogP contribution >= 0.6 is 0 Å². The van der Waals surface area contributed by atoms with Crippen LogP contribution < -0.4 is 10.6 Å². The number of nitrogens with zero attached hydrogens (tertiary/aromatic N) is 2. The lowest BCUT2D eigenvalue weighted by Gasteiger charge is -2.23. The Morgan fingerprint density at radius 3 is 2.52 bits per heavy atom. The van der Waals surface area contributed by atoms with Gasteiger partial charge >= 0.3 is 0 Å². The van der Waals surface area contributed by atoms with E-state index >= 15 is 0 Å². The summed E-state index contributed by atoms with van der Waals surface area (Å²) in [6.07, 6.45) is 3.46. The van der Waals surface area contributed by atoms with Crippen molar-refractivity contribution in [2.45, 2.75) is 38.8 Å². The molecule has 25 heavy (non-hydrogen) atoms. The van der Waals surface area contributed by atoms with Gasteiger partial charge in [-0.05, 0) is 57.6 Å². The summed E-state index contributed by atoms with van der Waals surface area (Å²) >= 11 is 0. The molecule has 0 aromatic heterocycles. The molecule has 2 rings (SSSR count). The maximum Gasteiger partial charge on any atom is 0.234 e. The van der Waals surface area contributed by atoms with Gasteiger partial charge in [-0.15, -0.1) is 0 Å². The van der Waals surface area contributed by atoms with Gasteiger partial charge in [0, 0.05) is 31.7 Å². The smallest absolute Gasteiger partial charge is 0.234 e. The van der Waals surface area contributed by atoms with Gasteiger partial charge in [-0.25, -0.2) is 0 Å². The Morgan fingerprint density at radius 2 is 1.88 bits per heavy atom. The molecule has 2 N–H and O–H groups in total. The topological polar surface area (TPSA) is 64.7 Å². The van der Waals surface area contributed by atoms with Crippen molar-refractivity contribution < 1.29 is 9.59 Å².